The van der Waals surface area contributed by atoms with Crippen LogP contribution in [0, 0.1) is 11.8 Å². The number of carbonyl (C=O) groups is 1. The Balaban J connectivity index is 2.82. The van der Waals surface area contributed by atoms with E-state index in [1.165, 1.54) is 0 Å². The Hall–Kier alpha value is -2.07. The van der Waals surface area contributed by atoms with Crippen molar-refractivity contribution in [1.82, 2.24) is 0 Å². The van der Waals surface area contributed by atoms with Crippen LogP contribution in [0.5, 0.6) is 0 Å². The van der Waals surface area contributed by atoms with E-state index in [1.54, 1.807) is 0 Å². The predicted molar refractivity (Wildman–Crippen MR) is 58.8 cm³/mol. The molecule has 1 rings (SSSR count). The number of carboxylic acids is 1. The molecule has 2 atom stereocenters. The molecule has 3 N–H and O–H groups in total. The van der Waals surface area contributed by atoms with Crippen molar-refractivity contribution in [2.24, 2.45) is 5.73 Å². The van der Waals surface area contributed by atoms with Gasteiger partial charge in [-0.2, -0.15) is 13.2 Å². The molecule has 19 heavy (non-hydrogen) atoms. The number of benzene rings is 1. The third-order valence-electron chi connectivity index (χ3n) is 2.17. The molecule has 0 saturated heterocycles. The lowest BCUT2D eigenvalue weighted by Gasteiger charge is -2.06. The number of aliphatic carboxylic acids is 1. The van der Waals surface area contributed by atoms with E-state index in [4.69, 9.17) is 10.8 Å². The highest BCUT2D eigenvalue weighted by atomic mass is 19.4. The highest BCUT2D eigenvalue weighted by Crippen LogP contribution is 2.28. The van der Waals surface area contributed by atoms with Gasteiger partial charge in [0.15, 0.2) is 6.17 Å². The summed E-state index contributed by atoms with van der Waals surface area (Å²) in [5.41, 5.74) is 4.26. The SMILES string of the molecule is N[C@@H](C(=O)O)[C@@H](F)C#Cc1ccc(C(F)(F)F)cc1. The van der Waals surface area contributed by atoms with E-state index in [1.807, 2.05) is 5.92 Å². The molecule has 0 aliphatic heterocycles. The van der Waals surface area contributed by atoms with Crippen LogP contribution >= 0.6 is 0 Å². The second-order valence-corrected chi connectivity index (χ2v) is 3.61. The molecule has 0 radical (unpaired) electrons. The van der Waals surface area contributed by atoms with E-state index in [9.17, 15) is 22.4 Å². The summed E-state index contributed by atoms with van der Waals surface area (Å²) in [5, 5.41) is 8.42. The fourth-order valence-corrected chi connectivity index (χ4v) is 1.11. The predicted octanol–water partition coefficient (Wildman–Crippen LogP) is 1.81. The smallest absolute Gasteiger partial charge is 0.416 e. The summed E-state index contributed by atoms with van der Waals surface area (Å²) in [6, 6.07) is 1.94. The third-order valence-corrected chi connectivity index (χ3v) is 2.17. The summed E-state index contributed by atoms with van der Waals surface area (Å²) in [4.78, 5) is 10.3. The van der Waals surface area contributed by atoms with Crippen molar-refractivity contribution in [3.05, 3.63) is 35.4 Å². The topological polar surface area (TPSA) is 63.3 Å². The molecule has 0 saturated carbocycles. The number of halogens is 4. The first-order valence-corrected chi connectivity index (χ1v) is 5.03. The quantitative estimate of drug-likeness (QED) is 0.639. The van der Waals surface area contributed by atoms with Crippen LogP contribution in [0.15, 0.2) is 24.3 Å². The molecule has 0 aliphatic rings. The summed E-state index contributed by atoms with van der Waals surface area (Å²) < 4.78 is 49.9. The molecule has 0 amide bonds. The highest BCUT2D eigenvalue weighted by Gasteiger charge is 2.29. The van der Waals surface area contributed by atoms with Crippen LogP contribution in [0.25, 0.3) is 0 Å². The lowest BCUT2D eigenvalue weighted by atomic mass is 10.1. The average molecular weight is 275 g/mol. The van der Waals surface area contributed by atoms with Gasteiger partial charge in [-0.1, -0.05) is 11.8 Å². The molecule has 0 aromatic heterocycles. The van der Waals surface area contributed by atoms with Gasteiger partial charge in [0.05, 0.1) is 5.56 Å². The second kappa shape index (κ2) is 5.71. The van der Waals surface area contributed by atoms with E-state index < -0.39 is 29.9 Å². The number of alkyl halides is 4. The maximum absolute atomic E-state index is 13.1. The maximum atomic E-state index is 13.1. The molecular weight excluding hydrogens is 266 g/mol. The third kappa shape index (κ3) is 4.26. The van der Waals surface area contributed by atoms with Crippen molar-refractivity contribution < 1.29 is 27.5 Å². The summed E-state index contributed by atoms with van der Waals surface area (Å²) in [6.45, 7) is 0. The Morgan fingerprint density at radius 3 is 2.21 bits per heavy atom. The summed E-state index contributed by atoms with van der Waals surface area (Å²) in [6.07, 6.45) is -6.56. The number of carboxylic acid groups (broad SMARTS) is 1. The van der Waals surface area contributed by atoms with Crippen LogP contribution in [0.4, 0.5) is 17.6 Å². The van der Waals surface area contributed by atoms with E-state index in [2.05, 4.69) is 5.92 Å². The van der Waals surface area contributed by atoms with Gasteiger partial charge in [-0.25, -0.2) is 4.39 Å². The van der Waals surface area contributed by atoms with Crippen molar-refractivity contribution in [3.63, 3.8) is 0 Å². The van der Waals surface area contributed by atoms with Crippen molar-refractivity contribution in [2.75, 3.05) is 0 Å². The first kappa shape index (κ1) is 15.0. The molecule has 1 aromatic rings. The van der Waals surface area contributed by atoms with Gasteiger partial charge >= 0.3 is 12.1 Å². The van der Waals surface area contributed by atoms with E-state index in [-0.39, 0.29) is 5.56 Å². The summed E-state index contributed by atoms with van der Waals surface area (Å²) >= 11 is 0. The monoisotopic (exact) mass is 275 g/mol. The first-order chi connectivity index (χ1) is 8.71. The molecule has 102 valence electrons. The van der Waals surface area contributed by atoms with Crippen LogP contribution in [-0.2, 0) is 11.0 Å². The minimum Gasteiger partial charge on any atom is -0.480 e. The van der Waals surface area contributed by atoms with Gasteiger partial charge < -0.3 is 10.8 Å². The Labute approximate surface area is 106 Å². The van der Waals surface area contributed by atoms with Gasteiger partial charge in [0.1, 0.15) is 6.04 Å². The number of rotatable bonds is 2. The molecule has 0 bridgehead atoms. The molecule has 3 nitrogen and oxygen atoms in total. The molecule has 0 aliphatic carbocycles. The van der Waals surface area contributed by atoms with Gasteiger partial charge in [0.2, 0.25) is 0 Å². The Morgan fingerprint density at radius 2 is 1.79 bits per heavy atom. The van der Waals surface area contributed by atoms with Gasteiger partial charge in [-0.15, -0.1) is 0 Å². The molecule has 0 fully saturated rings. The largest absolute Gasteiger partial charge is 0.480 e. The minimum atomic E-state index is -4.46. The maximum Gasteiger partial charge on any atom is 0.416 e. The standard InChI is InChI=1S/C12H9F4NO2/c13-9(10(17)11(18)19)6-3-7-1-4-8(5-2-7)12(14,15)16/h1-2,4-5,9-10H,17H2,(H,18,19)/t9-,10+/m0/s1. The zero-order chi connectivity index (χ0) is 14.6. The van der Waals surface area contributed by atoms with Crippen LogP contribution in [-0.4, -0.2) is 23.3 Å². The molecule has 0 spiro atoms. The lowest BCUT2D eigenvalue weighted by Crippen LogP contribution is -2.38. The Morgan fingerprint density at radius 1 is 1.26 bits per heavy atom. The number of hydrogen-bond acceptors (Lipinski definition) is 2. The van der Waals surface area contributed by atoms with Gasteiger partial charge in [-0.3, -0.25) is 4.79 Å². The van der Waals surface area contributed by atoms with Gasteiger partial charge in [0.25, 0.3) is 0 Å². The number of nitrogens with two attached hydrogens (primary N) is 1. The zero-order valence-corrected chi connectivity index (χ0v) is 9.41. The molecule has 0 heterocycles. The van der Waals surface area contributed by atoms with E-state index in [0.29, 0.717) is 0 Å². The number of hydrogen-bond donors (Lipinski definition) is 2. The first-order valence-electron chi connectivity index (χ1n) is 5.03. The van der Waals surface area contributed by atoms with Crippen molar-refractivity contribution in [3.8, 4) is 11.8 Å². The van der Waals surface area contributed by atoms with Crippen LogP contribution in [0.3, 0.4) is 0 Å². The normalized spacial score (nSPS) is 14.2. The van der Waals surface area contributed by atoms with Crippen LogP contribution in [0.2, 0.25) is 0 Å². The fraction of sp³-hybridized carbons (Fsp3) is 0.250. The van der Waals surface area contributed by atoms with E-state index in [0.717, 1.165) is 24.3 Å². The lowest BCUT2D eigenvalue weighted by molar-refractivity contribution is -0.139. The fourth-order valence-electron chi connectivity index (χ4n) is 1.11. The summed E-state index contributed by atoms with van der Waals surface area (Å²) in [5.74, 6) is 2.61. The average Bonchev–Trinajstić information content (AvgIpc) is 2.34. The summed E-state index contributed by atoms with van der Waals surface area (Å²) in [7, 11) is 0. The molecule has 0 unspecified atom stereocenters. The molecule has 7 heteroatoms. The minimum absolute atomic E-state index is 0.133. The highest BCUT2D eigenvalue weighted by molar-refractivity contribution is 5.74. The molecule has 1 aromatic carbocycles. The second-order valence-electron chi connectivity index (χ2n) is 3.61. The Bertz CT molecular complexity index is 513. The van der Waals surface area contributed by atoms with Crippen molar-refractivity contribution in [1.29, 1.82) is 0 Å². The zero-order valence-electron chi connectivity index (χ0n) is 9.41. The van der Waals surface area contributed by atoms with Crippen molar-refractivity contribution >= 4 is 5.97 Å². The van der Waals surface area contributed by atoms with Crippen LogP contribution in [0.1, 0.15) is 11.1 Å². The van der Waals surface area contributed by atoms with Gasteiger partial charge in [0, 0.05) is 5.56 Å². The molecular formula is C12H9F4NO2. The Kier molecular flexibility index (Phi) is 4.51. The van der Waals surface area contributed by atoms with Crippen LogP contribution < -0.4 is 5.73 Å². The van der Waals surface area contributed by atoms with E-state index >= 15 is 0 Å². The van der Waals surface area contributed by atoms with Crippen molar-refractivity contribution in [2.45, 2.75) is 18.4 Å². The van der Waals surface area contributed by atoms with Gasteiger partial charge in [-0.05, 0) is 24.3 Å².